The minimum Gasteiger partial charge on any atom is -0.496 e. The zero-order valence-electron chi connectivity index (χ0n) is 17.4. The lowest BCUT2D eigenvalue weighted by Gasteiger charge is -2.20. The highest BCUT2D eigenvalue weighted by molar-refractivity contribution is 5.96. The maximum absolute atomic E-state index is 14.4. The van der Waals surface area contributed by atoms with Crippen LogP contribution in [0.4, 0.5) is 10.1 Å². The number of methoxy groups -OCH3 is 1. The number of halogens is 1. The molecule has 0 unspecified atom stereocenters. The molecular weight excluding hydrogens is 373 g/mol. The molecule has 0 aliphatic rings. The first-order valence-corrected chi connectivity index (χ1v) is 9.11. The van der Waals surface area contributed by atoms with Crippen molar-refractivity contribution in [2.75, 3.05) is 12.4 Å². The minimum atomic E-state index is -0.515. The molecule has 0 saturated carbocycles. The van der Waals surface area contributed by atoms with E-state index in [2.05, 4.69) is 22.2 Å². The topological polar surface area (TPSA) is 80.3 Å². The minimum absolute atomic E-state index is 0.177. The van der Waals surface area contributed by atoms with Gasteiger partial charge in [-0.3, -0.25) is 14.6 Å². The van der Waals surface area contributed by atoms with Crippen LogP contribution in [0.1, 0.15) is 49.3 Å². The molecule has 29 heavy (non-hydrogen) atoms. The predicted molar refractivity (Wildman–Crippen MR) is 111 cm³/mol. The van der Waals surface area contributed by atoms with Crippen molar-refractivity contribution >= 4 is 23.1 Å². The Morgan fingerprint density at radius 2 is 1.93 bits per heavy atom. The van der Waals surface area contributed by atoms with Gasteiger partial charge in [0, 0.05) is 28.6 Å². The molecule has 2 N–H and O–H groups in total. The van der Waals surface area contributed by atoms with E-state index in [0.717, 1.165) is 0 Å². The summed E-state index contributed by atoms with van der Waals surface area (Å²) in [4.78, 5) is 28.7. The molecular formula is C22H26FN3O3. The molecule has 1 heterocycles. The highest BCUT2D eigenvalue weighted by atomic mass is 19.1. The molecule has 0 spiro atoms. The van der Waals surface area contributed by atoms with E-state index in [4.69, 9.17) is 4.74 Å². The van der Waals surface area contributed by atoms with Crippen LogP contribution in [0, 0.1) is 5.82 Å². The summed E-state index contributed by atoms with van der Waals surface area (Å²) in [6, 6.07) is 5.84. The van der Waals surface area contributed by atoms with Crippen LogP contribution in [0.2, 0.25) is 0 Å². The van der Waals surface area contributed by atoms with Gasteiger partial charge in [0.2, 0.25) is 5.91 Å². The molecule has 2 rings (SSSR count). The second-order valence-electron chi connectivity index (χ2n) is 7.78. The molecule has 0 aliphatic heterocycles. The Kier molecular flexibility index (Phi) is 6.74. The third-order valence-electron chi connectivity index (χ3n) is 3.94. The fourth-order valence-corrected chi connectivity index (χ4v) is 2.65. The van der Waals surface area contributed by atoms with E-state index in [-0.39, 0.29) is 23.6 Å². The Balaban J connectivity index is 2.15. The number of benzene rings is 1. The number of aromatic nitrogens is 1. The van der Waals surface area contributed by atoms with Crippen molar-refractivity contribution in [3.8, 4) is 5.75 Å². The van der Waals surface area contributed by atoms with Crippen molar-refractivity contribution < 1.29 is 18.7 Å². The van der Waals surface area contributed by atoms with Gasteiger partial charge >= 0.3 is 0 Å². The number of ether oxygens (including phenoxy) is 1. The summed E-state index contributed by atoms with van der Waals surface area (Å²) in [6.45, 7) is 11.1. The fraction of sp³-hybridized carbons (Fsp3) is 0.318. The lowest BCUT2D eigenvalue weighted by atomic mass is 10.0. The van der Waals surface area contributed by atoms with Crippen LogP contribution in [0.5, 0.6) is 5.75 Å². The number of pyridine rings is 1. The molecule has 7 heteroatoms. The molecule has 0 bridgehead atoms. The number of hydrogen-bond donors (Lipinski definition) is 2. The zero-order chi connectivity index (χ0) is 21.8. The Morgan fingerprint density at radius 1 is 1.24 bits per heavy atom. The van der Waals surface area contributed by atoms with Gasteiger partial charge in [0.05, 0.1) is 13.5 Å². The second kappa shape index (κ2) is 8.86. The number of amides is 2. The van der Waals surface area contributed by atoms with Gasteiger partial charge in [-0.1, -0.05) is 6.58 Å². The molecule has 154 valence electrons. The Hall–Kier alpha value is -3.22. The van der Waals surface area contributed by atoms with E-state index in [1.54, 1.807) is 13.0 Å². The number of rotatable bonds is 6. The van der Waals surface area contributed by atoms with Crippen molar-refractivity contribution in [3.05, 3.63) is 59.7 Å². The first-order valence-electron chi connectivity index (χ1n) is 9.11. The summed E-state index contributed by atoms with van der Waals surface area (Å²) >= 11 is 0. The number of carbonyl (C=O) groups is 2. The molecule has 2 amide bonds. The SMILES string of the molecule is C=C(C)c1cc(F)c(CC(=O)Nc2ccnc(C(=O)NC(C)(C)C)c2)cc1OC. The van der Waals surface area contributed by atoms with Crippen LogP contribution in [0.15, 0.2) is 37.0 Å². The van der Waals surface area contributed by atoms with Crippen LogP contribution < -0.4 is 15.4 Å². The molecule has 1 aromatic carbocycles. The maximum Gasteiger partial charge on any atom is 0.270 e. The van der Waals surface area contributed by atoms with E-state index in [1.807, 2.05) is 20.8 Å². The summed E-state index contributed by atoms with van der Waals surface area (Å²) in [5, 5.41) is 5.47. The van der Waals surface area contributed by atoms with Gasteiger partial charge in [0.25, 0.3) is 5.91 Å². The third-order valence-corrected chi connectivity index (χ3v) is 3.94. The normalized spacial score (nSPS) is 11.0. The zero-order valence-corrected chi connectivity index (χ0v) is 17.4. The quantitative estimate of drug-likeness (QED) is 0.770. The monoisotopic (exact) mass is 399 g/mol. The molecule has 0 aliphatic carbocycles. The molecule has 0 saturated heterocycles. The highest BCUT2D eigenvalue weighted by Crippen LogP contribution is 2.28. The largest absolute Gasteiger partial charge is 0.496 e. The van der Waals surface area contributed by atoms with Crippen LogP contribution in [0.25, 0.3) is 5.57 Å². The van der Waals surface area contributed by atoms with Crippen LogP contribution in [-0.2, 0) is 11.2 Å². The van der Waals surface area contributed by atoms with Crippen molar-refractivity contribution in [2.24, 2.45) is 0 Å². The first-order chi connectivity index (χ1) is 13.5. The van der Waals surface area contributed by atoms with Crippen molar-refractivity contribution in [1.82, 2.24) is 10.3 Å². The number of hydrogen-bond acceptors (Lipinski definition) is 4. The van der Waals surface area contributed by atoms with Gasteiger partial charge in [-0.05, 0) is 57.5 Å². The summed E-state index contributed by atoms with van der Waals surface area (Å²) in [5.41, 5.74) is 1.58. The van der Waals surface area contributed by atoms with E-state index in [0.29, 0.717) is 22.6 Å². The van der Waals surface area contributed by atoms with Gasteiger partial charge in [-0.15, -0.1) is 0 Å². The molecule has 0 atom stereocenters. The van der Waals surface area contributed by atoms with E-state index in [1.165, 1.54) is 31.5 Å². The molecule has 2 aromatic rings. The number of nitrogens with one attached hydrogen (secondary N) is 2. The average Bonchev–Trinajstić information content (AvgIpc) is 2.61. The maximum atomic E-state index is 14.4. The molecule has 1 aromatic heterocycles. The van der Waals surface area contributed by atoms with Gasteiger partial charge in [-0.25, -0.2) is 4.39 Å². The fourth-order valence-electron chi connectivity index (χ4n) is 2.65. The van der Waals surface area contributed by atoms with Crippen LogP contribution in [0.3, 0.4) is 0 Å². The Labute approximate surface area is 170 Å². The third kappa shape index (κ3) is 6.14. The van der Waals surface area contributed by atoms with Gasteiger partial charge < -0.3 is 15.4 Å². The van der Waals surface area contributed by atoms with Crippen molar-refractivity contribution in [1.29, 1.82) is 0 Å². The van der Waals surface area contributed by atoms with Crippen LogP contribution >= 0.6 is 0 Å². The standard InChI is InChI=1S/C22H26FN3O3/c1-13(2)16-12-17(23)14(9-19(16)29-6)10-20(27)25-15-7-8-24-18(11-15)21(28)26-22(3,4)5/h7-9,11-12H,1,10H2,2-6H3,(H,26,28)(H,24,25,27). The van der Waals surface area contributed by atoms with Crippen LogP contribution in [-0.4, -0.2) is 29.4 Å². The average molecular weight is 399 g/mol. The summed E-state index contributed by atoms with van der Waals surface area (Å²) in [7, 11) is 1.48. The molecule has 6 nitrogen and oxygen atoms in total. The molecule has 0 fully saturated rings. The molecule has 0 radical (unpaired) electrons. The van der Waals surface area contributed by atoms with Crippen molar-refractivity contribution in [3.63, 3.8) is 0 Å². The van der Waals surface area contributed by atoms with Gasteiger partial charge in [0.15, 0.2) is 0 Å². The summed E-state index contributed by atoms with van der Waals surface area (Å²) in [6.07, 6.45) is 1.24. The second-order valence-corrected chi connectivity index (χ2v) is 7.78. The summed E-state index contributed by atoms with van der Waals surface area (Å²) < 4.78 is 19.7. The Bertz CT molecular complexity index is 949. The number of nitrogens with zero attached hydrogens (tertiary/aromatic N) is 1. The predicted octanol–water partition coefficient (Wildman–Crippen LogP) is 3.97. The van der Waals surface area contributed by atoms with E-state index >= 15 is 0 Å². The van der Waals surface area contributed by atoms with Gasteiger partial charge in [0.1, 0.15) is 17.3 Å². The summed E-state index contributed by atoms with van der Waals surface area (Å²) in [5.74, 6) is -0.840. The first kappa shape index (κ1) is 22.1. The number of anilines is 1. The lowest BCUT2D eigenvalue weighted by Crippen LogP contribution is -2.40. The lowest BCUT2D eigenvalue weighted by molar-refractivity contribution is -0.115. The van der Waals surface area contributed by atoms with Crippen molar-refractivity contribution in [2.45, 2.75) is 39.7 Å². The highest BCUT2D eigenvalue weighted by Gasteiger charge is 2.18. The van der Waals surface area contributed by atoms with E-state index < -0.39 is 17.3 Å². The number of allylic oxidation sites excluding steroid dienone is 1. The number of carbonyl (C=O) groups excluding carboxylic acids is 2. The van der Waals surface area contributed by atoms with E-state index in [9.17, 15) is 14.0 Å². The van der Waals surface area contributed by atoms with Gasteiger partial charge in [-0.2, -0.15) is 0 Å². The Morgan fingerprint density at radius 3 is 2.52 bits per heavy atom. The smallest absolute Gasteiger partial charge is 0.270 e.